The number of halogens is 1. The zero-order chi connectivity index (χ0) is 26.8. The number of piperidine rings is 1. The number of likely N-dealkylation sites (tertiary alicyclic amines) is 1. The summed E-state index contributed by atoms with van der Waals surface area (Å²) in [6.07, 6.45) is 7.97. The predicted molar refractivity (Wildman–Crippen MR) is 150 cm³/mol. The summed E-state index contributed by atoms with van der Waals surface area (Å²) in [5.74, 6) is 0.781. The molecule has 11 nitrogen and oxygen atoms in total. The fourth-order valence-electron chi connectivity index (χ4n) is 5.69. The van der Waals surface area contributed by atoms with Crippen LogP contribution in [0.4, 0.5) is 10.6 Å². The van der Waals surface area contributed by atoms with Crippen molar-refractivity contribution in [3.63, 3.8) is 0 Å². The molecule has 0 aromatic carbocycles. The lowest BCUT2D eigenvalue weighted by molar-refractivity contribution is -0.137. The van der Waals surface area contributed by atoms with Crippen LogP contribution in [0.1, 0.15) is 65.3 Å². The third-order valence-corrected chi connectivity index (χ3v) is 8.19. The fourth-order valence-corrected chi connectivity index (χ4v) is 5.69. The van der Waals surface area contributed by atoms with Gasteiger partial charge in [-0.3, -0.25) is 14.7 Å². The lowest BCUT2D eigenvalue weighted by Gasteiger charge is -2.39. The highest BCUT2D eigenvalue weighted by atomic mass is 35.5. The summed E-state index contributed by atoms with van der Waals surface area (Å²) < 4.78 is 1.71. The van der Waals surface area contributed by atoms with E-state index in [1.54, 1.807) is 40.5 Å². The van der Waals surface area contributed by atoms with Crippen LogP contribution < -0.4 is 22.5 Å². The number of rotatable bonds is 5. The lowest BCUT2D eigenvalue weighted by atomic mass is 9.84. The summed E-state index contributed by atoms with van der Waals surface area (Å²) >= 11 is 0. The number of piperazine rings is 1. The molecule has 1 aliphatic carbocycles. The lowest BCUT2D eigenvalue weighted by Crippen LogP contribution is -2.58. The largest absolute Gasteiger partial charge is 0.349 e. The monoisotopic (exact) mass is 552 g/mol. The number of aromatic nitrogens is 2. The van der Waals surface area contributed by atoms with E-state index in [0.717, 1.165) is 58.2 Å². The van der Waals surface area contributed by atoms with Gasteiger partial charge in [0.05, 0.1) is 5.54 Å². The highest BCUT2D eigenvalue weighted by Gasteiger charge is 2.32. The van der Waals surface area contributed by atoms with Crippen molar-refractivity contribution in [3.05, 3.63) is 22.7 Å². The summed E-state index contributed by atoms with van der Waals surface area (Å²) in [6.45, 7) is 10.4. The molecule has 3 amide bonds. The molecule has 0 radical (unpaired) electrons. The minimum absolute atomic E-state index is 0. The predicted octanol–water partition coefficient (Wildman–Crippen LogP) is 1.62. The average Bonchev–Trinajstić information content (AvgIpc) is 2.85. The first-order chi connectivity index (χ1) is 17.4. The van der Waals surface area contributed by atoms with Gasteiger partial charge in [-0.1, -0.05) is 0 Å². The summed E-state index contributed by atoms with van der Waals surface area (Å²) in [7, 11) is 0. The maximum atomic E-state index is 12.8. The molecule has 0 spiro atoms. The molecule has 0 bridgehead atoms. The van der Waals surface area contributed by atoms with Crippen molar-refractivity contribution in [1.29, 1.82) is 0 Å². The normalized spacial score (nSPS) is 24.4. The fraction of sp³-hybridized carbons (Fsp3) is 0.769. The highest BCUT2D eigenvalue weighted by molar-refractivity contribution is 5.89. The molecule has 1 aromatic heterocycles. The first-order valence-electron chi connectivity index (χ1n) is 13.7. The molecule has 3 aliphatic rings. The topological polar surface area (TPSA) is 143 Å². The van der Waals surface area contributed by atoms with Crippen molar-refractivity contribution in [1.82, 2.24) is 24.3 Å². The van der Waals surface area contributed by atoms with E-state index in [1.807, 2.05) is 0 Å². The van der Waals surface area contributed by atoms with Gasteiger partial charge in [0.2, 0.25) is 5.91 Å². The van der Waals surface area contributed by atoms with E-state index in [9.17, 15) is 14.4 Å². The molecule has 2 aliphatic heterocycles. The van der Waals surface area contributed by atoms with Gasteiger partial charge in [0.1, 0.15) is 5.82 Å². The van der Waals surface area contributed by atoms with Crippen LogP contribution in [0.3, 0.4) is 0 Å². The second-order valence-electron chi connectivity index (χ2n) is 12.1. The third-order valence-electron chi connectivity index (χ3n) is 8.19. The van der Waals surface area contributed by atoms with Crippen LogP contribution >= 0.6 is 12.4 Å². The number of nitrogens with two attached hydrogens (primary N) is 2. The Bertz CT molecular complexity index is 1010. The van der Waals surface area contributed by atoms with Crippen molar-refractivity contribution in [3.8, 4) is 0 Å². The molecular formula is C26H45ClN8O3. The van der Waals surface area contributed by atoms with Crippen molar-refractivity contribution in [2.24, 2.45) is 17.4 Å². The van der Waals surface area contributed by atoms with Crippen molar-refractivity contribution in [2.45, 2.75) is 76.4 Å². The third kappa shape index (κ3) is 7.68. The number of hydrogen-bond acceptors (Lipinski definition) is 7. The molecule has 5 N–H and O–H groups in total. The van der Waals surface area contributed by atoms with E-state index < -0.39 is 5.54 Å². The van der Waals surface area contributed by atoms with E-state index in [2.05, 4.69) is 22.1 Å². The van der Waals surface area contributed by atoms with Crippen LogP contribution in [0.15, 0.2) is 17.1 Å². The number of carbonyl (C=O) groups excluding carboxylic acids is 2. The van der Waals surface area contributed by atoms with Crippen LogP contribution in [-0.2, 0) is 4.79 Å². The molecule has 3 heterocycles. The van der Waals surface area contributed by atoms with E-state index in [0.29, 0.717) is 32.1 Å². The number of nitrogens with zero attached hydrogens (tertiary/aromatic N) is 5. The Morgan fingerprint density at radius 3 is 2.18 bits per heavy atom. The van der Waals surface area contributed by atoms with Gasteiger partial charge in [-0.25, -0.2) is 9.59 Å². The first kappa shape index (κ1) is 30.3. The Morgan fingerprint density at radius 1 is 1.05 bits per heavy atom. The smallest absolute Gasteiger partial charge is 0.338 e. The van der Waals surface area contributed by atoms with Crippen molar-refractivity contribution >= 4 is 30.2 Å². The molecule has 4 rings (SSSR count). The van der Waals surface area contributed by atoms with Gasteiger partial charge in [0.25, 0.3) is 0 Å². The molecule has 214 valence electrons. The zero-order valence-corrected chi connectivity index (χ0v) is 23.8. The average molecular weight is 553 g/mol. The van der Waals surface area contributed by atoms with Crippen LogP contribution in [-0.4, -0.2) is 93.1 Å². The standard InChI is InChI=1S/C26H44N8O3.ClH/c1-25(2,27)22(35)32-14-16-33(17-15-32)23(36)29-21-8-11-34(24(37)30-21)20-6-4-19(5-7-20)18-31-12-9-26(3,28)10-13-31;/h8,11,19-20H,4-7,9-10,12-18,27-28H2,1-3H3,(H,29,30,36,37);1H. The van der Waals surface area contributed by atoms with Crippen molar-refractivity contribution in [2.75, 3.05) is 51.1 Å². The number of anilines is 1. The molecule has 0 atom stereocenters. The Balaban J connectivity index is 0.00000400. The van der Waals surface area contributed by atoms with Gasteiger partial charge in [0, 0.05) is 50.5 Å². The number of urea groups is 1. The maximum absolute atomic E-state index is 12.8. The number of nitrogens with one attached hydrogen (secondary N) is 1. The second-order valence-corrected chi connectivity index (χ2v) is 12.1. The SMILES string of the molecule is CC1(N)CCN(CC2CCC(n3ccc(NC(=O)N4CCN(C(=O)C(C)(C)N)CC4)nc3=O)CC2)CC1.Cl. The van der Waals surface area contributed by atoms with Gasteiger partial charge in [-0.05, 0) is 84.4 Å². The van der Waals surface area contributed by atoms with Gasteiger partial charge in [-0.15, -0.1) is 12.4 Å². The number of hydrogen-bond donors (Lipinski definition) is 3. The zero-order valence-electron chi connectivity index (χ0n) is 23.0. The Morgan fingerprint density at radius 2 is 1.63 bits per heavy atom. The number of amides is 3. The van der Waals surface area contributed by atoms with Crippen LogP contribution in [0, 0.1) is 5.92 Å². The van der Waals surface area contributed by atoms with Gasteiger partial charge < -0.3 is 26.2 Å². The molecule has 2 saturated heterocycles. The molecule has 0 unspecified atom stereocenters. The van der Waals surface area contributed by atoms with E-state index in [-0.39, 0.29) is 47.4 Å². The molecule has 12 heteroatoms. The molecule has 1 aromatic rings. The summed E-state index contributed by atoms with van der Waals surface area (Å²) in [4.78, 5) is 47.8. The quantitative estimate of drug-likeness (QED) is 0.503. The van der Waals surface area contributed by atoms with Gasteiger partial charge in [0.15, 0.2) is 0 Å². The second kappa shape index (κ2) is 12.3. The molecule has 1 saturated carbocycles. The summed E-state index contributed by atoms with van der Waals surface area (Å²) in [5, 5.41) is 2.74. The van der Waals surface area contributed by atoms with Gasteiger partial charge in [-0.2, -0.15) is 4.98 Å². The van der Waals surface area contributed by atoms with E-state index in [1.165, 1.54) is 0 Å². The molecule has 38 heavy (non-hydrogen) atoms. The van der Waals surface area contributed by atoms with Crippen molar-refractivity contribution < 1.29 is 9.59 Å². The van der Waals surface area contributed by atoms with Gasteiger partial charge >= 0.3 is 11.7 Å². The number of carbonyl (C=O) groups is 2. The Hall–Kier alpha value is -2.21. The van der Waals surface area contributed by atoms with Crippen LogP contribution in [0.5, 0.6) is 0 Å². The summed E-state index contributed by atoms with van der Waals surface area (Å²) in [6, 6.07) is 1.52. The van der Waals surface area contributed by atoms with Crippen LogP contribution in [0.2, 0.25) is 0 Å². The van der Waals surface area contributed by atoms with Crippen LogP contribution in [0.25, 0.3) is 0 Å². The molecular weight excluding hydrogens is 508 g/mol. The minimum Gasteiger partial charge on any atom is -0.338 e. The van der Waals surface area contributed by atoms with E-state index >= 15 is 0 Å². The minimum atomic E-state index is -0.932. The summed E-state index contributed by atoms with van der Waals surface area (Å²) in [5.41, 5.74) is 10.9. The Kier molecular flexibility index (Phi) is 9.83. The van der Waals surface area contributed by atoms with E-state index in [4.69, 9.17) is 11.5 Å². The molecule has 3 fully saturated rings. The maximum Gasteiger partial charge on any atom is 0.349 e. The first-order valence-corrected chi connectivity index (χ1v) is 13.7. The Labute approximate surface area is 231 Å². The highest BCUT2D eigenvalue weighted by Crippen LogP contribution is 2.32.